The van der Waals surface area contributed by atoms with Gasteiger partial charge < -0.3 is 13.9 Å². The molecule has 0 bridgehead atoms. The summed E-state index contributed by atoms with van der Waals surface area (Å²) < 4.78 is 36.4. The highest BCUT2D eigenvalue weighted by Crippen LogP contribution is 2.51. The lowest BCUT2D eigenvalue weighted by Gasteiger charge is -2.23. The molecule has 0 fully saturated rings. The molecular weight excluding hydrogens is 566 g/mol. The molecule has 5 heteroatoms. The van der Waals surface area contributed by atoms with Crippen molar-refractivity contribution in [2.24, 2.45) is 0 Å². The van der Waals surface area contributed by atoms with Crippen LogP contribution in [0, 0.1) is 0 Å². The van der Waals surface area contributed by atoms with E-state index in [0.29, 0.717) is 23.8 Å². The molecule has 0 radical (unpaired) electrons. The van der Waals surface area contributed by atoms with Crippen LogP contribution < -0.4 is 26.0 Å². The molecule has 0 N–H and O–H groups in total. The van der Waals surface area contributed by atoms with Crippen LogP contribution >= 0.6 is 14.3 Å². The zero-order chi connectivity index (χ0) is 29.5. The first-order valence-electron chi connectivity index (χ1n) is 14.3. The maximum absolute atomic E-state index is 14.9. The molecule has 6 aromatic rings. The Balaban J connectivity index is 1.38. The number of rotatable bonds is 10. The van der Waals surface area contributed by atoms with E-state index in [4.69, 9.17) is 4.74 Å². The SMILES string of the molecule is O=P(Cc1ccccc1Oc1ccccc1CP(=O)(c1ccccc1)c1ccccc1)(c1ccccc1)c1ccccc1. The molecular formula is C38H32O3P2. The van der Waals surface area contributed by atoms with Crippen molar-refractivity contribution in [3.63, 3.8) is 0 Å². The fourth-order valence-corrected chi connectivity index (χ4v) is 10.8. The number of hydrogen-bond donors (Lipinski definition) is 0. The predicted octanol–water partition coefficient (Wildman–Crippen LogP) is 8.51. The molecule has 0 spiro atoms. The fourth-order valence-electron chi connectivity index (χ4n) is 5.40. The van der Waals surface area contributed by atoms with Crippen molar-refractivity contribution < 1.29 is 13.9 Å². The summed E-state index contributed by atoms with van der Waals surface area (Å²) in [6.07, 6.45) is 0.623. The van der Waals surface area contributed by atoms with Crippen molar-refractivity contribution in [1.82, 2.24) is 0 Å². The summed E-state index contributed by atoms with van der Waals surface area (Å²) in [6, 6.07) is 54.3. The van der Waals surface area contributed by atoms with Gasteiger partial charge >= 0.3 is 0 Å². The highest BCUT2D eigenvalue weighted by Gasteiger charge is 2.30. The Morgan fingerprint density at radius 1 is 0.349 bits per heavy atom. The van der Waals surface area contributed by atoms with Gasteiger partial charge in [0.1, 0.15) is 25.8 Å². The molecule has 6 rings (SSSR count). The summed E-state index contributed by atoms with van der Waals surface area (Å²) in [5, 5.41) is 3.23. The van der Waals surface area contributed by atoms with Gasteiger partial charge in [-0.2, -0.15) is 0 Å². The van der Waals surface area contributed by atoms with Gasteiger partial charge in [0.15, 0.2) is 0 Å². The molecule has 0 saturated heterocycles. The number of ether oxygens (including phenoxy) is 1. The molecule has 0 amide bonds. The zero-order valence-electron chi connectivity index (χ0n) is 23.7. The summed E-state index contributed by atoms with van der Waals surface area (Å²) in [6.45, 7) is 0. The topological polar surface area (TPSA) is 43.4 Å². The van der Waals surface area contributed by atoms with Gasteiger partial charge in [-0.3, -0.25) is 0 Å². The number of benzene rings is 6. The third kappa shape index (κ3) is 6.20. The van der Waals surface area contributed by atoms with E-state index in [0.717, 1.165) is 32.3 Å². The van der Waals surface area contributed by atoms with Gasteiger partial charge in [-0.05, 0) is 12.1 Å². The fraction of sp³-hybridized carbons (Fsp3) is 0.0526. The summed E-state index contributed by atoms with van der Waals surface area (Å²) >= 11 is 0. The second-order valence-electron chi connectivity index (χ2n) is 10.5. The van der Waals surface area contributed by atoms with Gasteiger partial charge in [0.05, 0.1) is 0 Å². The van der Waals surface area contributed by atoms with Crippen LogP contribution in [0.4, 0.5) is 0 Å². The highest BCUT2D eigenvalue weighted by atomic mass is 31.2. The first kappa shape index (κ1) is 28.7. The normalized spacial score (nSPS) is 11.6. The lowest BCUT2D eigenvalue weighted by atomic mass is 10.2. The minimum absolute atomic E-state index is 0.311. The minimum atomic E-state index is -3.03. The third-order valence-corrected chi connectivity index (χ3v) is 13.7. The van der Waals surface area contributed by atoms with Gasteiger partial charge in [0, 0.05) is 44.7 Å². The molecule has 0 heterocycles. The Bertz CT molecular complexity index is 1660. The molecule has 0 atom stereocenters. The van der Waals surface area contributed by atoms with E-state index in [2.05, 4.69) is 0 Å². The second-order valence-corrected chi connectivity index (χ2v) is 16.1. The maximum atomic E-state index is 14.9. The smallest absolute Gasteiger partial charge is 0.147 e. The van der Waals surface area contributed by atoms with Crippen LogP contribution in [-0.2, 0) is 21.5 Å². The van der Waals surface area contributed by atoms with Gasteiger partial charge in [0.25, 0.3) is 0 Å². The van der Waals surface area contributed by atoms with E-state index in [9.17, 15) is 9.13 Å². The van der Waals surface area contributed by atoms with Gasteiger partial charge in [-0.15, -0.1) is 0 Å². The molecule has 0 aliphatic rings. The van der Waals surface area contributed by atoms with E-state index in [1.54, 1.807) is 0 Å². The summed E-state index contributed by atoms with van der Waals surface area (Å²) in [5.74, 6) is 1.27. The molecule has 3 nitrogen and oxygen atoms in total. The van der Waals surface area contributed by atoms with Crippen LogP contribution in [0.25, 0.3) is 0 Å². The van der Waals surface area contributed by atoms with Gasteiger partial charge in [-0.1, -0.05) is 158 Å². The first-order chi connectivity index (χ1) is 21.1. The first-order valence-corrected chi connectivity index (χ1v) is 18.1. The molecule has 0 aliphatic carbocycles. The Kier molecular flexibility index (Phi) is 8.57. The number of hydrogen-bond acceptors (Lipinski definition) is 3. The molecule has 0 aromatic heterocycles. The molecule has 0 aliphatic heterocycles. The van der Waals surface area contributed by atoms with Crippen molar-refractivity contribution in [3.05, 3.63) is 181 Å². The Morgan fingerprint density at radius 3 is 0.907 bits per heavy atom. The molecule has 0 saturated carbocycles. The van der Waals surface area contributed by atoms with Crippen LogP contribution in [0.5, 0.6) is 11.5 Å². The van der Waals surface area contributed by atoms with E-state index < -0.39 is 14.3 Å². The van der Waals surface area contributed by atoms with Crippen molar-refractivity contribution in [3.8, 4) is 11.5 Å². The predicted molar refractivity (Wildman–Crippen MR) is 180 cm³/mol. The molecule has 0 unspecified atom stereocenters. The lowest BCUT2D eigenvalue weighted by molar-refractivity contribution is 0.473. The minimum Gasteiger partial charge on any atom is -0.457 e. The summed E-state index contributed by atoms with van der Waals surface area (Å²) in [7, 11) is -6.06. The lowest BCUT2D eigenvalue weighted by Crippen LogP contribution is -2.18. The maximum Gasteiger partial charge on any atom is 0.147 e. The third-order valence-electron chi connectivity index (χ3n) is 7.64. The molecule has 6 aromatic carbocycles. The Labute approximate surface area is 253 Å². The molecule has 212 valence electrons. The van der Waals surface area contributed by atoms with Gasteiger partial charge in [-0.25, -0.2) is 0 Å². The average molecular weight is 599 g/mol. The van der Waals surface area contributed by atoms with Crippen molar-refractivity contribution >= 4 is 35.5 Å². The van der Waals surface area contributed by atoms with Crippen LogP contribution in [0.15, 0.2) is 170 Å². The van der Waals surface area contributed by atoms with E-state index in [1.165, 1.54) is 0 Å². The van der Waals surface area contributed by atoms with Crippen LogP contribution in [-0.4, -0.2) is 0 Å². The average Bonchev–Trinajstić information content (AvgIpc) is 3.08. The summed E-state index contributed by atoms with van der Waals surface area (Å²) in [5.41, 5.74) is 1.70. The van der Waals surface area contributed by atoms with Crippen LogP contribution in [0.1, 0.15) is 11.1 Å². The summed E-state index contributed by atoms with van der Waals surface area (Å²) in [4.78, 5) is 0. The van der Waals surface area contributed by atoms with E-state index in [-0.39, 0.29) is 0 Å². The quantitative estimate of drug-likeness (QED) is 0.149. The largest absolute Gasteiger partial charge is 0.457 e. The van der Waals surface area contributed by atoms with Crippen LogP contribution in [0.2, 0.25) is 0 Å². The van der Waals surface area contributed by atoms with Gasteiger partial charge in [0.2, 0.25) is 0 Å². The standard InChI is InChI=1S/C38H32O3P2/c39-42(33-19-5-1-6-20-33,34-21-7-2-8-22-34)29-31-17-13-15-27-37(31)41-38-28-16-14-18-32(38)30-43(40,35-23-9-3-10-24-35)36-25-11-4-12-26-36/h1-28H,29-30H2. The Morgan fingerprint density at radius 2 is 0.605 bits per heavy atom. The highest BCUT2D eigenvalue weighted by molar-refractivity contribution is 7.78. The molecule has 43 heavy (non-hydrogen) atoms. The van der Waals surface area contributed by atoms with Crippen molar-refractivity contribution in [2.45, 2.75) is 12.3 Å². The van der Waals surface area contributed by atoms with Crippen molar-refractivity contribution in [2.75, 3.05) is 0 Å². The monoisotopic (exact) mass is 598 g/mol. The van der Waals surface area contributed by atoms with E-state index in [1.807, 2.05) is 170 Å². The van der Waals surface area contributed by atoms with E-state index >= 15 is 0 Å². The zero-order valence-corrected chi connectivity index (χ0v) is 25.5. The van der Waals surface area contributed by atoms with Crippen LogP contribution in [0.3, 0.4) is 0 Å². The Hall–Kier alpha value is -4.42. The second kappa shape index (κ2) is 12.8. The number of para-hydroxylation sites is 2. The van der Waals surface area contributed by atoms with Crippen molar-refractivity contribution in [1.29, 1.82) is 0 Å².